The van der Waals surface area contributed by atoms with Gasteiger partial charge in [-0.1, -0.05) is 30.3 Å². The first-order chi connectivity index (χ1) is 10.7. The van der Waals surface area contributed by atoms with Crippen LogP contribution in [-0.2, 0) is 0 Å². The molecule has 1 aliphatic rings. The monoisotopic (exact) mass is 298 g/mol. The Kier molecular flexibility index (Phi) is 4.09. The first-order valence-corrected chi connectivity index (χ1v) is 7.55. The Labute approximate surface area is 129 Å². The second-order valence-corrected chi connectivity index (χ2v) is 5.65. The van der Waals surface area contributed by atoms with Crippen LogP contribution in [0.15, 0.2) is 48.5 Å². The number of hydrogen-bond donors (Lipinski definition) is 2. The van der Waals surface area contributed by atoms with Crippen molar-refractivity contribution in [2.75, 3.05) is 11.9 Å². The van der Waals surface area contributed by atoms with Crippen LogP contribution in [0.25, 0.3) is 0 Å². The minimum atomic E-state index is -0.485. The predicted molar refractivity (Wildman–Crippen MR) is 85.6 cm³/mol. The molecule has 0 spiro atoms. The fourth-order valence-corrected chi connectivity index (χ4v) is 3.05. The zero-order valence-electron chi connectivity index (χ0n) is 12.5. The maximum Gasteiger partial charge on any atom is 0.254 e. The standard InChI is InChI=1S/C18H19FN2O/c1-12-13(14-6-3-5-9-17(14)21-12)10-11-20-18(22)15-7-2-4-8-16(15)19/h2-9,12-13,21H,10-11H2,1H3,(H,20,22). The van der Waals surface area contributed by atoms with Gasteiger partial charge in [0, 0.05) is 24.2 Å². The molecule has 0 radical (unpaired) electrons. The Morgan fingerprint density at radius 1 is 1.18 bits per heavy atom. The quantitative estimate of drug-likeness (QED) is 0.906. The highest BCUT2D eigenvalue weighted by molar-refractivity contribution is 5.94. The van der Waals surface area contributed by atoms with E-state index in [0.29, 0.717) is 18.5 Å². The van der Waals surface area contributed by atoms with E-state index in [-0.39, 0.29) is 11.5 Å². The minimum absolute atomic E-state index is 0.0977. The van der Waals surface area contributed by atoms with Crippen molar-refractivity contribution in [1.29, 1.82) is 0 Å². The Balaban J connectivity index is 1.60. The lowest BCUT2D eigenvalue weighted by Crippen LogP contribution is -2.28. The van der Waals surface area contributed by atoms with Gasteiger partial charge in [0.15, 0.2) is 0 Å². The molecule has 2 unspecified atom stereocenters. The van der Waals surface area contributed by atoms with Crippen LogP contribution in [0.5, 0.6) is 0 Å². The Bertz CT molecular complexity index is 686. The summed E-state index contributed by atoms with van der Waals surface area (Å²) >= 11 is 0. The third-order valence-corrected chi connectivity index (χ3v) is 4.21. The number of carbonyl (C=O) groups excluding carboxylic acids is 1. The SMILES string of the molecule is CC1Nc2ccccc2C1CCNC(=O)c1ccccc1F. The zero-order valence-corrected chi connectivity index (χ0v) is 12.5. The summed E-state index contributed by atoms with van der Waals surface area (Å²) in [4.78, 5) is 12.0. The zero-order chi connectivity index (χ0) is 15.5. The number of anilines is 1. The summed E-state index contributed by atoms with van der Waals surface area (Å²) in [6, 6.07) is 14.6. The number of hydrogen-bond acceptors (Lipinski definition) is 2. The van der Waals surface area contributed by atoms with E-state index < -0.39 is 5.82 Å². The minimum Gasteiger partial charge on any atom is -0.382 e. The van der Waals surface area contributed by atoms with Gasteiger partial charge in [-0.25, -0.2) is 4.39 Å². The highest BCUT2D eigenvalue weighted by Gasteiger charge is 2.28. The predicted octanol–water partition coefficient (Wildman–Crippen LogP) is 3.54. The number of benzene rings is 2. The average molecular weight is 298 g/mol. The molecule has 2 aromatic carbocycles. The lowest BCUT2D eigenvalue weighted by Gasteiger charge is -2.16. The van der Waals surface area contributed by atoms with E-state index in [1.54, 1.807) is 12.1 Å². The molecule has 3 nitrogen and oxygen atoms in total. The molecule has 1 aliphatic heterocycles. The van der Waals surface area contributed by atoms with Gasteiger partial charge in [-0.3, -0.25) is 4.79 Å². The Morgan fingerprint density at radius 3 is 2.73 bits per heavy atom. The molecule has 1 heterocycles. The van der Waals surface area contributed by atoms with Gasteiger partial charge in [0.05, 0.1) is 5.56 Å². The molecule has 22 heavy (non-hydrogen) atoms. The molecule has 0 fully saturated rings. The lowest BCUT2D eigenvalue weighted by molar-refractivity contribution is 0.0948. The van der Waals surface area contributed by atoms with Gasteiger partial charge < -0.3 is 10.6 Å². The number of fused-ring (bicyclic) bond motifs is 1. The summed E-state index contributed by atoms with van der Waals surface area (Å²) in [6.07, 6.45) is 0.825. The molecule has 2 N–H and O–H groups in total. The van der Waals surface area contributed by atoms with Gasteiger partial charge in [-0.05, 0) is 37.1 Å². The largest absolute Gasteiger partial charge is 0.382 e. The van der Waals surface area contributed by atoms with E-state index in [1.807, 2.05) is 12.1 Å². The van der Waals surface area contributed by atoms with Crippen molar-refractivity contribution in [2.45, 2.75) is 25.3 Å². The van der Waals surface area contributed by atoms with Gasteiger partial charge in [0.1, 0.15) is 5.82 Å². The molecular formula is C18H19FN2O. The van der Waals surface area contributed by atoms with Gasteiger partial charge in [-0.2, -0.15) is 0 Å². The smallest absolute Gasteiger partial charge is 0.254 e. The summed E-state index contributed by atoms with van der Waals surface area (Å²) in [5, 5.41) is 6.26. The fraction of sp³-hybridized carbons (Fsp3) is 0.278. The van der Waals surface area contributed by atoms with E-state index in [2.05, 4.69) is 29.7 Å². The van der Waals surface area contributed by atoms with Crippen LogP contribution in [0.2, 0.25) is 0 Å². The van der Waals surface area contributed by atoms with Crippen molar-refractivity contribution in [3.8, 4) is 0 Å². The van der Waals surface area contributed by atoms with Gasteiger partial charge in [0.2, 0.25) is 0 Å². The van der Waals surface area contributed by atoms with Crippen molar-refractivity contribution in [3.63, 3.8) is 0 Å². The van der Waals surface area contributed by atoms with Gasteiger partial charge in [0.25, 0.3) is 5.91 Å². The van der Waals surface area contributed by atoms with Crippen molar-refractivity contribution >= 4 is 11.6 Å². The Morgan fingerprint density at radius 2 is 1.91 bits per heavy atom. The second-order valence-electron chi connectivity index (χ2n) is 5.65. The maximum absolute atomic E-state index is 13.6. The molecular weight excluding hydrogens is 279 g/mol. The summed E-state index contributed by atoms with van der Waals surface area (Å²) in [5.74, 6) is -0.483. The van der Waals surface area contributed by atoms with Crippen molar-refractivity contribution in [3.05, 3.63) is 65.5 Å². The molecule has 0 saturated carbocycles. The molecule has 0 bridgehead atoms. The molecule has 0 aromatic heterocycles. The third kappa shape index (κ3) is 2.82. The highest BCUT2D eigenvalue weighted by atomic mass is 19.1. The van der Waals surface area contributed by atoms with Crippen LogP contribution in [0, 0.1) is 5.82 Å². The molecule has 0 saturated heterocycles. The van der Waals surface area contributed by atoms with Crippen LogP contribution in [0.1, 0.15) is 35.2 Å². The highest BCUT2D eigenvalue weighted by Crippen LogP contribution is 2.37. The number of para-hydroxylation sites is 1. The number of nitrogens with one attached hydrogen (secondary N) is 2. The normalized spacial score (nSPS) is 19.4. The van der Waals surface area contributed by atoms with Crippen LogP contribution >= 0.6 is 0 Å². The summed E-state index contributed by atoms with van der Waals surface area (Å²) in [6.45, 7) is 2.67. The van der Waals surface area contributed by atoms with Crippen molar-refractivity contribution < 1.29 is 9.18 Å². The van der Waals surface area contributed by atoms with Crippen molar-refractivity contribution in [1.82, 2.24) is 5.32 Å². The lowest BCUT2D eigenvalue weighted by atomic mass is 9.93. The topological polar surface area (TPSA) is 41.1 Å². The van der Waals surface area contributed by atoms with Crippen LogP contribution in [0.4, 0.5) is 10.1 Å². The van der Waals surface area contributed by atoms with Crippen molar-refractivity contribution in [2.24, 2.45) is 0 Å². The number of rotatable bonds is 4. The number of halogens is 1. The van der Waals surface area contributed by atoms with Crippen LogP contribution < -0.4 is 10.6 Å². The second kappa shape index (κ2) is 6.18. The molecule has 114 valence electrons. The Hall–Kier alpha value is -2.36. The molecule has 1 amide bonds. The van der Waals surface area contributed by atoms with E-state index in [1.165, 1.54) is 23.4 Å². The van der Waals surface area contributed by atoms with Gasteiger partial charge in [-0.15, -0.1) is 0 Å². The summed E-state index contributed by atoms with van der Waals surface area (Å²) in [5.41, 5.74) is 2.55. The molecule has 3 rings (SSSR count). The van der Waals surface area contributed by atoms with Crippen LogP contribution in [-0.4, -0.2) is 18.5 Å². The van der Waals surface area contributed by atoms with Crippen LogP contribution in [0.3, 0.4) is 0 Å². The molecule has 2 aromatic rings. The molecule has 4 heteroatoms. The van der Waals surface area contributed by atoms with E-state index >= 15 is 0 Å². The fourth-order valence-electron chi connectivity index (χ4n) is 3.05. The number of carbonyl (C=O) groups is 1. The van der Waals surface area contributed by atoms with Gasteiger partial charge >= 0.3 is 0 Å². The van der Waals surface area contributed by atoms with E-state index in [9.17, 15) is 9.18 Å². The average Bonchev–Trinajstić information content (AvgIpc) is 2.83. The first-order valence-electron chi connectivity index (χ1n) is 7.55. The summed E-state index contributed by atoms with van der Waals surface area (Å²) < 4.78 is 13.6. The van der Waals surface area contributed by atoms with E-state index in [4.69, 9.17) is 0 Å². The molecule has 0 aliphatic carbocycles. The maximum atomic E-state index is 13.6. The van der Waals surface area contributed by atoms with E-state index in [0.717, 1.165) is 6.42 Å². The molecule has 2 atom stereocenters. The third-order valence-electron chi connectivity index (χ3n) is 4.21. The first kappa shape index (κ1) is 14.6. The summed E-state index contributed by atoms with van der Waals surface area (Å²) in [7, 11) is 0. The number of amides is 1.